The molecule has 0 spiro atoms. The maximum Gasteiger partial charge on any atom is 0.203 e. The Balaban J connectivity index is 0.000000112. The van der Waals surface area contributed by atoms with E-state index in [1.54, 1.807) is 12.4 Å². The molecule has 0 fully saturated rings. The van der Waals surface area contributed by atoms with Gasteiger partial charge in [0.1, 0.15) is 0 Å². The fraction of sp³-hybridized carbons (Fsp3) is 0. The third kappa shape index (κ3) is 3.80. The molecule has 0 radical (unpaired) electrons. The minimum atomic E-state index is 1.26. The van der Waals surface area contributed by atoms with Crippen molar-refractivity contribution in [1.29, 1.82) is 0 Å². The van der Waals surface area contributed by atoms with Crippen molar-refractivity contribution in [2.24, 2.45) is 0 Å². The first-order chi connectivity index (χ1) is 5.50. The van der Waals surface area contributed by atoms with E-state index < -0.39 is 0 Å². The van der Waals surface area contributed by atoms with E-state index in [4.69, 9.17) is 0 Å². The molecule has 11 heavy (non-hydrogen) atoms. The Morgan fingerprint density at radius 3 is 1.64 bits per heavy atom. The van der Waals surface area contributed by atoms with Crippen LogP contribution in [-0.4, -0.2) is 15.2 Å². The van der Waals surface area contributed by atoms with Crippen LogP contribution in [0.5, 0.6) is 0 Å². The first kappa shape index (κ1) is 7.40. The van der Waals surface area contributed by atoms with Gasteiger partial charge in [0.2, 0.25) is 12.8 Å². The maximum absolute atomic E-state index is 4.36. The summed E-state index contributed by atoms with van der Waals surface area (Å²) in [5.41, 5.74) is 0. The van der Waals surface area contributed by atoms with Gasteiger partial charge in [0.25, 0.3) is 0 Å². The molecule has 0 unspecified atom stereocenters. The summed E-state index contributed by atoms with van der Waals surface area (Å²) in [7, 11) is 0. The van der Waals surface area contributed by atoms with E-state index in [0.717, 1.165) is 0 Å². The van der Waals surface area contributed by atoms with Crippen LogP contribution in [0.3, 0.4) is 0 Å². The smallest absolute Gasteiger partial charge is 0.203 e. The summed E-state index contributed by atoms with van der Waals surface area (Å²) in [6, 6.07) is 5.72. The molecule has 0 aromatic carbocycles. The molecule has 0 saturated carbocycles. The van der Waals surface area contributed by atoms with Gasteiger partial charge in [0.15, 0.2) is 0 Å². The maximum atomic E-state index is 4.36. The molecule has 0 saturated heterocycles. The molecule has 0 N–H and O–H groups in total. The van der Waals surface area contributed by atoms with Crippen molar-refractivity contribution in [1.82, 2.24) is 15.2 Å². The summed E-state index contributed by atoms with van der Waals surface area (Å²) >= 11 is 0. The van der Waals surface area contributed by atoms with Gasteiger partial charge in [-0.2, -0.15) is 0 Å². The second kappa shape index (κ2) is 5.10. The Morgan fingerprint density at radius 1 is 0.818 bits per heavy atom. The van der Waals surface area contributed by atoms with Crippen LogP contribution in [0, 0.1) is 0 Å². The van der Waals surface area contributed by atoms with E-state index in [1.807, 2.05) is 18.2 Å². The number of nitrogens with zero attached hydrogens (tertiary/aromatic N) is 3. The van der Waals surface area contributed by atoms with Crippen molar-refractivity contribution in [2.75, 3.05) is 0 Å². The Hall–Kier alpha value is -1.71. The largest absolute Gasteiger partial charge is 0.431 e. The molecule has 4 heteroatoms. The normalized spacial score (nSPS) is 8.00. The summed E-state index contributed by atoms with van der Waals surface area (Å²) in [6.07, 6.45) is 6.03. The molecule has 0 aliphatic carbocycles. The van der Waals surface area contributed by atoms with Gasteiger partial charge in [-0.25, -0.2) is 0 Å². The van der Waals surface area contributed by atoms with Crippen LogP contribution in [0.15, 0.2) is 47.8 Å². The SMILES string of the molecule is c1ccncc1.c1nnco1. The third-order valence-electron chi connectivity index (χ3n) is 0.849. The average molecular weight is 149 g/mol. The summed E-state index contributed by atoms with van der Waals surface area (Å²) < 4.78 is 4.36. The van der Waals surface area contributed by atoms with E-state index in [2.05, 4.69) is 19.6 Å². The molecular weight excluding hydrogens is 142 g/mol. The summed E-state index contributed by atoms with van der Waals surface area (Å²) in [6.45, 7) is 0. The highest BCUT2D eigenvalue weighted by Gasteiger charge is 1.60. The van der Waals surface area contributed by atoms with E-state index in [-0.39, 0.29) is 0 Å². The second-order valence-corrected chi connectivity index (χ2v) is 1.60. The standard InChI is InChI=1S/C5H5N.C2H2N2O/c1-2-4-6-5-3-1;1-3-4-2-5-1/h1-5H;1-2H. The Kier molecular flexibility index (Phi) is 3.43. The minimum absolute atomic E-state index is 1.26. The fourth-order valence-electron chi connectivity index (χ4n) is 0.449. The minimum Gasteiger partial charge on any atom is -0.431 e. The van der Waals surface area contributed by atoms with Crippen LogP contribution >= 0.6 is 0 Å². The number of rotatable bonds is 0. The highest BCUT2D eigenvalue weighted by Crippen LogP contribution is 1.73. The highest BCUT2D eigenvalue weighted by molar-refractivity contribution is 4.88. The molecule has 2 aromatic heterocycles. The lowest BCUT2D eigenvalue weighted by Gasteiger charge is -1.70. The van der Waals surface area contributed by atoms with Gasteiger partial charge in [0.05, 0.1) is 0 Å². The lowest BCUT2D eigenvalue weighted by atomic mass is 10.5. The van der Waals surface area contributed by atoms with Crippen molar-refractivity contribution < 1.29 is 4.42 Å². The van der Waals surface area contributed by atoms with Crippen molar-refractivity contribution in [3.63, 3.8) is 0 Å². The topological polar surface area (TPSA) is 51.8 Å². The highest BCUT2D eigenvalue weighted by atomic mass is 16.3. The molecular formula is C7H7N3O. The predicted octanol–water partition coefficient (Wildman–Crippen LogP) is 1.15. The van der Waals surface area contributed by atoms with Gasteiger partial charge in [-0.15, -0.1) is 10.2 Å². The number of aromatic nitrogens is 3. The molecule has 56 valence electrons. The van der Waals surface area contributed by atoms with Crippen LogP contribution in [0.2, 0.25) is 0 Å². The number of pyridine rings is 1. The fourth-order valence-corrected chi connectivity index (χ4v) is 0.449. The molecule has 0 amide bonds. The molecule has 0 aliphatic rings. The zero-order valence-corrected chi connectivity index (χ0v) is 5.79. The molecule has 2 aromatic rings. The first-order valence-corrected chi connectivity index (χ1v) is 3.04. The Labute approximate surface area is 63.9 Å². The Bertz CT molecular complexity index is 200. The van der Waals surface area contributed by atoms with Gasteiger partial charge in [-0.1, -0.05) is 6.07 Å². The van der Waals surface area contributed by atoms with Crippen LogP contribution in [0.1, 0.15) is 0 Å². The van der Waals surface area contributed by atoms with E-state index in [9.17, 15) is 0 Å². The average Bonchev–Trinajstić information content (AvgIpc) is 2.64. The van der Waals surface area contributed by atoms with E-state index in [0.29, 0.717) is 0 Å². The van der Waals surface area contributed by atoms with Gasteiger partial charge in [0, 0.05) is 12.4 Å². The van der Waals surface area contributed by atoms with E-state index >= 15 is 0 Å². The Morgan fingerprint density at radius 2 is 1.45 bits per heavy atom. The van der Waals surface area contributed by atoms with Gasteiger partial charge in [-0.3, -0.25) is 4.98 Å². The van der Waals surface area contributed by atoms with Crippen molar-refractivity contribution in [3.05, 3.63) is 43.4 Å². The third-order valence-corrected chi connectivity index (χ3v) is 0.849. The van der Waals surface area contributed by atoms with Crippen molar-refractivity contribution in [3.8, 4) is 0 Å². The molecule has 0 bridgehead atoms. The molecule has 0 atom stereocenters. The number of hydrogen-bond acceptors (Lipinski definition) is 4. The number of hydrogen-bond donors (Lipinski definition) is 0. The quantitative estimate of drug-likeness (QED) is 0.563. The van der Waals surface area contributed by atoms with Gasteiger partial charge < -0.3 is 4.42 Å². The van der Waals surface area contributed by atoms with Crippen LogP contribution in [0.25, 0.3) is 0 Å². The lowest BCUT2D eigenvalue weighted by molar-refractivity contribution is 0.553. The van der Waals surface area contributed by atoms with Crippen LogP contribution < -0.4 is 0 Å². The molecule has 2 heterocycles. The molecule has 4 nitrogen and oxygen atoms in total. The molecule has 2 rings (SSSR count). The second-order valence-electron chi connectivity index (χ2n) is 1.60. The molecule has 0 aliphatic heterocycles. The van der Waals surface area contributed by atoms with Crippen LogP contribution in [0.4, 0.5) is 0 Å². The van der Waals surface area contributed by atoms with Crippen LogP contribution in [-0.2, 0) is 0 Å². The summed E-state index contributed by atoms with van der Waals surface area (Å²) in [4.78, 5) is 3.78. The lowest BCUT2D eigenvalue weighted by Crippen LogP contribution is -1.58. The van der Waals surface area contributed by atoms with Gasteiger partial charge >= 0.3 is 0 Å². The summed E-state index contributed by atoms with van der Waals surface area (Å²) in [5.74, 6) is 0. The summed E-state index contributed by atoms with van der Waals surface area (Å²) in [5, 5.41) is 6.61. The monoisotopic (exact) mass is 149 g/mol. The predicted molar refractivity (Wildman–Crippen MR) is 38.5 cm³/mol. The van der Waals surface area contributed by atoms with Gasteiger partial charge in [-0.05, 0) is 12.1 Å². The van der Waals surface area contributed by atoms with Crippen molar-refractivity contribution >= 4 is 0 Å². The van der Waals surface area contributed by atoms with E-state index in [1.165, 1.54) is 12.8 Å². The zero-order chi connectivity index (χ0) is 7.78. The first-order valence-electron chi connectivity index (χ1n) is 3.04. The van der Waals surface area contributed by atoms with Crippen molar-refractivity contribution in [2.45, 2.75) is 0 Å². The zero-order valence-electron chi connectivity index (χ0n) is 5.79.